The van der Waals surface area contributed by atoms with Crippen molar-refractivity contribution in [2.75, 3.05) is 0 Å². The Labute approximate surface area is 101 Å². The summed E-state index contributed by atoms with van der Waals surface area (Å²) < 4.78 is 2.84. The van der Waals surface area contributed by atoms with Crippen molar-refractivity contribution >= 4 is 12.2 Å². The highest BCUT2D eigenvalue weighted by molar-refractivity contribution is 7.71. The van der Waals surface area contributed by atoms with Crippen LogP contribution < -0.4 is 0 Å². The minimum absolute atomic E-state index is 0.493. The molecule has 0 amide bonds. The third-order valence-corrected chi connectivity index (χ3v) is 3.06. The Hall–Kier alpha value is -1.35. The van der Waals surface area contributed by atoms with Crippen LogP contribution in [0.15, 0.2) is 30.5 Å². The van der Waals surface area contributed by atoms with Gasteiger partial charge in [0.1, 0.15) is 0 Å². The first-order chi connectivity index (χ1) is 7.61. The van der Waals surface area contributed by atoms with E-state index in [4.69, 9.17) is 12.2 Å². The second-order valence-electron chi connectivity index (χ2n) is 4.28. The second kappa shape index (κ2) is 4.26. The van der Waals surface area contributed by atoms with Gasteiger partial charge in [-0.15, -0.1) is 0 Å². The molecule has 0 aliphatic heterocycles. The summed E-state index contributed by atoms with van der Waals surface area (Å²) in [6.07, 6.45) is 1.94. The third-order valence-electron chi connectivity index (χ3n) is 2.76. The molecule has 1 aromatic carbocycles. The molecule has 0 aliphatic rings. The van der Waals surface area contributed by atoms with Crippen LogP contribution in [0, 0.1) is 11.7 Å². The summed E-state index contributed by atoms with van der Waals surface area (Å²) in [4.78, 5) is 3.08. The summed E-state index contributed by atoms with van der Waals surface area (Å²) in [7, 11) is 0. The van der Waals surface area contributed by atoms with E-state index >= 15 is 0 Å². The Morgan fingerprint density at radius 1 is 1.25 bits per heavy atom. The Morgan fingerprint density at radius 3 is 2.50 bits per heavy atom. The van der Waals surface area contributed by atoms with Gasteiger partial charge in [0.2, 0.25) is 0 Å². The van der Waals surface area contributed by atoms with Crippen molar-refractivity contribution in [3.8, 4) is 5.69 Å². The molecule has 1 aromatic heterocycles. The number of H-pyrrole nitrogens is 1. The van der Waals surface area contributed by atoms with Gasteiger partial charge in [-0.25, -0.2) is 0 Å². The molecule has 0 fully saturated rings. The Balaban J connectivity index is 2.69. The van der Waals surface area contributed by atoms with Crippen LogP contribution in [0.2, 0.25) is 0 Å². The molecule has 0 aliphatic carbocycles. The van der Waals surface area contributed by atoms with Gasteiger partial charge in [0, 0.05) is 11.9 Å². The van der Waals surface area contributed by atoms with Gasteiger partial charge in [0.25, 0.3) is 0 Å². The lowest BCUT2D eigenvalue weighted by Crippen LogP contribution is -2.02. The predicted octanol–water partition coefficient (Wildman–Crippen LogP) is 3.97. The van der Waals surface area contributed by atoms with E-state index in [0.717, 1.165) is 10.5 Å². The number of nitrogens with one attached hydrogen (secondary N) is 1. The monoisotopic (exact) mass is 232 g/mol. The van der Waals surface area contributed by atoms with Gasteiger partial charge >= 0.3 is 0 Å². The molecule has 16 heavy (non-hydrogen) atoms. The first kappa shape index (κ1) is 11.1. The summed E-state index contributed by atoms with van der Waals surface area (Å²) in [5, 5.41) is 0. The molecule has 3 heteroatoms. The number of hydrogen-bond acceptors (Lipinski definition) is 1. The first-order valence-corrected chi connectivity index (χ1v) is 5.88. The van der Waals surface area contributed by atoms with Gasteiger partial charge in [-0.3, -0.25) is 4.57 Å². The maximum Gasteiger partial charge on any atom is 0.182 e. The van der Waals surface area contributed by atoms with Gasteiger partial charge in [-0.2, -0.15) is 0 Å². The minimum Gasteiger partial charge on any atom is -0.337 e. The van der Waals surface area contributed by atoms with Crippen molar-refractivity contribution < 1.29 is 0 Å². The predicted molar refractivity (Wildman–Crippen MR) is 69.8 cm³/mol. The SMILES string of the molecule is Cc1c[nH]c(=S)n1-c1ccccc1C(C)C. The number of rotatable bonds is 2. The van der Waals surface area contributed by atoms with Gasteiger partial charge in [-0.1, -0.05) is 32.0 Å². The molecule has 0 unspecified atom stereocenters. The fraction of sp³-hybridized carbons (Fsp3) is 0.308. The number of benzene rings is 1. The second-order valence-corrected chi connectivity index (χ2v) is 4.67. The lowest BCUT2D eigenvalue weighted by molar-refractivity contribution is 0.838. The normalized spacial score (nSPS) is 11.0. The molecule has 0 bridgehead atoms. The van der Waals surface area contributed by atoms with E-state index in [1.807, 2.05) is 6.20 Å². The molecule has 0 atom stereocenters. The molecule has 1 N–H and O–H groups in total. The van der Waals surface area contributed by atoms with Crippen molar-refractivity contribution in [2.24, 2.45) is 0 Å². The van der Waals surface area contributed by atoms with E-state index in [9.17, 15) is 0 Å². The fourth-order valence-corrected chi connectivity index (χ4v) is 2.24. The van der Waals surface area contributed by atoms with Crippen LogP contribution in [0.5, 0.6) is 0 Å². The summed E-state index contributed by atoms with van der Waals surface area (Å²) in [5.74, 6) is 0.493. The number of para-hydroxylation sites is 1. The zero-order chi connectivity index (χ0) is 11.7. The van der Waals surface area contributed by atoms with E-state index in [2.05, 4.69) is 54.6 Å². The molecule has 0 radical (unpaired) electrons. The summed E-state index contributed by atoms with van der Waals surface area (Å²) in [5.41, 5.74) is 3.64. The molecular weight excluding hydrogens is 216 g/mol. The Kier molecular flexibility index (Phi) is 2.97. The molecular formula is C13H16N2S. The van der Waals surface area contributed by atoms with Crippen molar-refractivity contribution in [1.29, 1.82) is 0 Å². The van der Waals surface area contributed by atoms with Crippen molar-refractivity contribution in [2.45, 2.75) is 26.7 Å². The number of nitrogens with zero attached hydrogens (tertiary/aromatic N) is 1. The van der Waals surface area contributed by atoms with Gasteiger partial charge in [0.15, 0.2) is 4.77 Å². The van der Waals surface area contributed by atoms with Crippen LogP contribution in [-0.4, -0.2) is 9.55 Å². The zero-order valence-corrected chi connectivity index (χ0v) is 10.6. The van der Waals surface area contributed by atoms with E-state index in [1.54, 1.807) is 0 Å². The molecule has 0 spiro atoms. The number of imidazole rings is 1. The van der Waals surface area contributed by atoms with Crippen LogP contribution >= 0.6 is 12.2 Å². The molecule has 2 aromatic rings. The molecule has 0 saturated heterocycles. The average molecular weight is 232 g/mol. The van der Waals surface area contributed by atoms with E-state index in [0.29, 0.717) is 5.92 Å². The first-order valence-electron chi connectivity index (χ1n) is 5.47. The van der Waals surface area contributed by atoms with Crippen LogP contribution in [0.1, 0.15) is 31.0 Å². The lowest BCUT2D eigenvalue weighted by Gasteiger charge is -2.14. The topological polar surface area (TPSA) is 20.7 Å². The smallest absolute Gasteiger partial charge is 0.182 e. The van der Waals surface area contributed by atoms with Crippen LogP contribution in [-0.2, 0) is 0 Å². The largest absolute Gasteiger partial charge is 0.337 e. The third kappa shape index (κ3) is 1.83. The Bertz CT molecular complexity index is 549. The van der Waals surface area contributed by atoms with Gasteiger partial charge < -0.3 is 4.98 Å². The molecule has 1 heterocycles. The molecule has 0 saturated carbocycles. The maximum absolute atomic E-state index is 5.31. The maximum atomic E-state index is 5.31. The van der Waals surface area contributed by atoms with Gasteiger partial charge in [0.05, 0.1) is 5.69 Å². The van der Waals surface area contributed by atoms with Crippen LogP contribution in [0.3, 0.4) is 0 Å². The summed E-state index contributed by atoms with van der Waals surface area (Å²) >= 11 is 5.31. The van der Waals surface area contributed by atoms with Crippen molar-refractivity contribution in [3.05, 3.63) is 46.5 Å². The number of aromatic amines is 1. The van der Waals surface area contributed by atoms with Crippen LogP contribution in [0.4, 0.5) is 0 Å². The van der Waals surface area contributed by atoms with Crippen molar-refractivity contribution in [1.82, 2.24) is 9.55 Å². The highest BCUT2D eigenvalue weighted by atomic mass is 32.1. The lowest BCUT2D eigenvalue weighted by atomic mass is 10.0. The molecule has 2 rings (SSSR count). The zero-order valence-electron chi connectivity index (χ0n) is 9.82. The van der Waals surface area contributed by atoms with E-state index in [1.165, 1.54) is 11.3 Å². The summed E-state index contributed by atoms with van der Waals surface area (Å²) in [6.45, 7) is 6.46. The number of aryl methyl sites for hydroxylation is 1. The number of hydrogen-bond donors (Lipinski definition) is 1. The van der Waals surface area contributed by atoms with Gasteiger partial charge in [-0.05, 0) is 36.7 Å². The van der Waals surface area contributed by atoms with E-state index < -0.39 is 0 Å². The molecule has 84 valence electrons. The fourth-order valence-electron chi connectivity index (χ4n) is 1.93. The quantitative estimate of drug-likeness (QED) is 0.777. The van der Waals surface area contributed by atoms with Crippen molar-refractivity contribution in [3.63, 3.8) is 0 Å². The Morgan fingerprint density at radius 2 is 1.94 bits per heavy atom. The molecule has 2 nitrogen and oxygen atoms in total. The highest BCUT2D eigenvalue weighted by Gasteiger charge is 2.09. The number of aromatic nitrogens is 2. The van der Waals surface area contributed by atoms with E-state index in [-0.39, 0.29) is 0 Å². The standard InChI is InChI=1S/C13H16N2S/c1-9(2)11-6-4-5-7-12(11)15-10(3)8-14-13(15)16/h4-9H,1-3H3,(H,14,16). The highest BCUT2D eigenvalue weighted by Crippen LogP contribution is 2.24. The minimum atomic E-state index is 0.493. The summed E-state index contributed by atoms with van der Waals surface area (Å²) in [6, 6.07) is 8.40. The average Bonchev–Trinajstić information content (AvgIpc) is 2.58. The van der Waals surface area contributed by atoms with Crippen LogP contribution in [0.25, 0.3) is 5.69 Å².